The van der Waals surface area contributed by atoms with Gasteiger partial charge in [0.2, 0.25) is 5.91 Å². The highest BCUT2D eigenvalue weighted by Crippen LogP contribution is 2.29. The number of carbonyl (C=O) groups excluding carboxylic acids is 2. The van der Waals surface area contributed by atoms with Gasteiger partial charge in [0.1, 0.15) is 6.04 Å². The van der Waals surface area contributed by atoms with Crippen LogP contribution in [0.3, 0.4) is 0 Å². The molecule has 1 unspecified atom stereocenters. The molecule has 7 nitrogen and oxygen atoms in total. The third-order valence-electron chi connectivity index (χ3n) is 6.23. The molecule has 4 rings (SSSR count). The number of nitrogens with zero attached hydrogens (tertiary/aromatic N) is 4. The fourth-order valence-electron chi connectivity index (χ4n) is 4.13. The molecule has 0 fully saturated rings. The highest BCUT2D eigenvalue weighted by molar-refractivity contribution is 5.94. The molecule has 0 spiro atoms. The Hall–Kier alpha value is -4.73. The minimum Gasteiger partial charge on any atom is -0.467 e. The largest absolute Gasteiger partial charge is 0.467 e. The van der Waals surface area contributed by atoms with Gasteiger partial charge in [0, 0.05) is 44.0 Å². The molecule has 2 heterocycles. The first-order chi connectivity index (χ1) is 19.1. The first-order valence-electron chi connectivity index (χ1n) is 12.4. The molecule has 0 aliphatic rings. The fraction of sp³-hybridized carbons (Fsp3) is 0.200. The van der Waals surface area contributed by atoms with Crippen LogP contribution in [0.5, 0.6) is 0 Å². The molecule has 0 saturated carbocycles. The monoisotopic (exact) mass is 548 g/mol. The van der Waals surface area contributed by atoms with Crippen LogP contribution >= 0.6 is 0 Å². The average Bonchev–Trinajstić information content (AvgIpc) is 3.38. The van der Waals surface area contributed by atoms with E-state index in [0.29, 0.717) is 11.3 Å². The van der Waals surface area contributed by atoms with Crippen molar-refractivity contribution >= 4 is 18.0 Å². The van der Waals surface area contributed by atoms with E-state index < -0.39 is 29.7 Å². The summed E-state index contributed by atoms with van der Waals surface area (Å²) in [6, 6.07) is 18.2. The Kier molecular flexibility index (Phi) is 8.78. The van der Waals surface area contributed by atoms with E-state index in [1.807, 2.05) is 42.5 Å². The molecule has 0 saturated heterocycles. The van der Waals surface area contributed by atoms with Crippen LogP contribution in [0.15, 0.2) is 91.3 Å². The van der Waals surface area contributed by atoms with Gasteiger partial charge < -0.3 is 9.64 Å². The lowest BCUT2D eigenvalue weighted by Gasteiger charge is -2.29. The summed E-state index contributed by atoms with van der Waals surface area (Å²) in [7, 11) is 2.99. The van der Waals surface area contributed by atoms with Crippen molar-refractivity contribution in [3.8, 4) is 11.3 Å². The number of hydrogen-bond donors (Lipinski definition) is 0. The zero-order chi connectivity index (χ0) is 28.7. The molecule has 2 aromatic heterocycles. The van der Waals surface area contributed by atoms with Crippen molar-refractivity contribution in [2.75, 3.05) is 7.11 Å². The molecule has 0 aliphatic heterocycles. The quantitative estimate of drug-likeness (QED) is 0.209. The van der Waals surface area contributed by atoms with E-state index in [0.717, 1.165) is 29.0 Å². The lowest BCUT2D eigenvalue weighted by molar-refractivity contribution is -0.151. The number of ether oxygens (including phenoxy) is 1. The van der Waals surface area contributed by atoms with Crippen molar-refractivity contribution in [1.29, 1.82) is 0 Å². The van der Waals surface area contributed by atoms with Crippen LogP contribution in [-0.2, 0) is 40.5 Å². The highest BCUT2D eigenvalue weighted by Gasteiger charge is 2.31. The molecule has 0 N–H and O–H groups in total. The van der Waals surface area contributed by atoms with Crippen LogP contribution in [0.2, 0.25) is 0 Å². The molecule has 4 aromatic rings. The van der Waals surface area contributed by atoms with Crippen LogP contribution < -0.4 is 0 Å². The SMILES string of the molecule is COC(=O)C(Cc1ccn(C)n1)N(Cc1ccc(-c2ccccn2)cc1)C(=O)C=Cc1ccc(C(F)(F)F)cc1. The number of carbonyl (C=O) groups is 2. The predicted octanol–water partition coefficient (Wildman–Crippen LogP) is 5.33. The van der Waals surface area contributed by atoms with Gasteiger partial charge in [0.05, 0.1) is 24.1 Å². The summed E-state index contributed by atoms with van der Waals surface area (Å²) >= 11 is 0. The summed E-state index contributed by atoms with van der Waals surface area (Å²) in [5.74, 6) is -1.13. The predicted molar refractivity (Wildman–Crippen MR) is 143 cm³/mol. The third-order valence-corrected chi connectivity index (χ3v) is 6.23. The maximum atomic E-state index is 13.5. The Labute approximate surface area is 229 Å². The zero-order valence-corrected chi connectivity index (χ0v) is 21.9. The Bertz CT molecular complexity index is 1460. The van der Waals surface area contributed by atoms with Gasteiger partial charge in [0.15, 0.2) is 0 Å². The smallest absolute Gasteiger partial charge is 0.416 e. The number of hydrogen-bond acceptors (Lipinski definition) is 5. The third kappa shape index (κ3) is 7.22. The number of alkyl halides is 3. The minimum absolute atomic E-state index is 0.0747. The van der Waals surface area contributed by atoms with Crippen LogP contribution in [0.25, 0.3) is 17.3 Å². The maximum Gasteiger partial charge on any atom is 0.416 e. The van der Waals surface area contributed by atoms with Crippen molar-refractivity contribution in [3.63, 3.8) is 0 Å². The van der Waals surface area contributed by atoms with E-state index in [1.54, 1.807) is 30.2 Å². The molecular formula is C30H27F3N4O3. The molecule has 0 bridgehead atoms. The van der Waals surface area contributed by atoms with Gasteiger partial charge in [0.25, 0.3) is 0 Å². The van der Waals surface area contributed by atoms with Crippen molar-refractivity contribution in [2.24, 2.45) is 7.05 Å². The number of amides is 1. The first kappa shape index (κ1) is 28.3. The van der Waals surface area contributed by atoms with Gasteiger partial charge in [-0.05, 0) is 47.5 Å². The van der Waals surface area contributed by atoms with Crippen molar-refractivity contribution in [3.05, 3.63) is 114 Å². The van der Waals surface area contributed by atoms with E-state index in [1.165, 1.54) is 36.3 Å². The molecule has 10 heteroatoms. The van der Waals surface area contributed by atoms with E-state index in [9.17, 15) is 22.8 Å². The zero-order valence-electron chi connectivity index (χ0n) is 21.9. The maximum absolute atomic E-state index is 13.5. The summed E-state index contributed by atoms with van der Waals surface area (Å²) in [6.45, 7) is 0.0747. The number of esters is 1. The van der Waals surface area contributed by atoms with Crippen LogP contribution in [-0.4, -0.2) is 44.7 Å². The number of pyridine rings is 1. The van der Waals surface area contributed by atoms with Gasteiger partial charge >= 0.3 is 12.1 Å². The standard InChI is InChI=1S/C30H27F3N4O3/c1-36-18-16-25(35-36)19-27(29(39)40-2)37(20-22-6-11-23(12-7-22)26-5-3-4-17-34-26)28(38)15-10-21-8-13-24(14-9-21)30(31,32)33/h3-18,27H,19-20H2,1-2H3. The average molecular weight is 549 g/mol. The van der Waals surface area contributed by atoms with Crippen molar-refractivity contribution < 1.29 is 27.5 Å². The van der Waals surface area contributed by atoms with Gasteiger partial charge in [-0.15, -0.1) is 0 Å². The van der Waals surface area contributed by atoms with Crippen LogP contribution in [0.4, 0.5) is 13.2 Å². The Morgan fingerprint density at radius 1 is 1.02 bits per heavy atom. The molecule has 0 aliphatic carbocycles. The van der Waals surface area contributed by atoms with Crippen LogP contribution in [0.1, 0.15) is 22.4 Å². The van der Waals surface area contributed by atoms with Gasteiger partial charge in [-0.25, -0.2) is 4.79 Å². The van der Waals surface area contributed by atoms with Crippen LogP contribution in [0, 0.1) is 0 Å². The number of rotatable bonds is 9. The molecule has 2 aromatic carbocycles. The van der Waals surface area contributed by atoms with E-state index in [2.05, 4.69) is 10.1 Å². The number of methoxy groups -OCH3 is 1. The Morgan fingerprint density at radius 2 is 1.75 bits per heavy atom. The molecule has 0 radical (unpaired) electrons. The lowest BCUT2D eigenvalue weighted by Crippen LogP contribution is -2.46. The second-order valence-electron chi connectivity index (χ2n) is 9.05. The second kappa shape index (κ2) is 12.4. The summed E-state index contributed by atoms with van der Waals surface area (Å²) in [5, 5.41) is 4.34. The summed E-state index contributed by atoms with van der Waals surface area (Å²) in [6.07, 6.45) is 1.73. The number of aromatic nitrogens is 3. The number of aryl methyl sites for hydroxylation is 1. The van der Waals surface area contributed by atoms with E-state index in [4.69, 9.17) is 4.74 Å². The summed E-state index contributed by atoms with van der Waals surface area (Å²) in [5.41, 5.74) is 2.65. The molecular weight excluding hydrogens is 521 g/mol. The van der Waals surface area contributed by atoms with E-state index >= 15 is 0 Å². The van der Waals surface area contributed by atoms with Gasteiger partial charge in [-0.1, -0.05) is 42.5 Å². The van der Waals surface area contributed by atoms with Gasteiger partial charge in [-0.3, -0.25) is 14.5 Å². The molecule has 40 heavy (non-hydrogen) atoms. The Morgan fingerprint density at radius 3 is 2.33 bits per heavy atom. The molecule has 206 valence electrons. The molecule has 1 amide bonds. The second-order valence-corrected chi connectivity index (χ2v) is 9.05. The van der Waals surface area contributed by atoms with Crippen molar-refractivity contribution in [1.82, 2.24) is 19.7 Å². The Balaban J connectivity index is 1.62. The summed E-state index contributed by atoms with van der Waals surface area (Å²) < 4.78 is 45.4. The van der Waals surface area contributed by atoms with E-state index in [-0.39, 0.29) is 13.0 Å². The van der Waals surface area contributed by atoms with Gasteiger partial charge in [-0.2, -0.15) is 18.3 Å². The summed E-state index contributed by atoms with van der Waals surface area (Å²) in [4.78, 5) is 32.1. The lowest BCUT2D eigenvalue weighted by atomic mass is 10.1. The molecule has 1 atom stereocenters. The number of halogens is 3. The minimum atomic E-state index is -4.46. The topological polar surface area (TPSA) is 77.3 Å². The highest BCUT2D eigenvalue weighted by atomic mass is 19.4. The first-order valence-corrected chi connectivity index (χ1v) is 12.4. The van der Waals surface area contributed by atoms with Crippen molar-refractivity contribution in [2.45, 2.75) is 25.2 Å². The number of benzene rings is 2. The fourth-order valence-corrected chi connectivity index (χ4v) is 4.13. The normalized spacial score (nSPS) is 12.3.